The molecule has 0 bridgehead atoms. The predicted octanol–water partition coefficient (Wildman–Crippen LogP) is 7.05. The Labute approximate surface area is 228 Å². The van der Waals surface area contributed by atoms with Crippen LogP contribution >= 0.6 is 0 Å². The fraction of sp³-hybridized carbons (Fsp3) is 0.250. The van der Waals surface area contributed by atoms with E-state index >= 15 is 0 Å². The third-order valence-electron chi connectivity index (χ3n) is 7.31. The molecule has 0 amide bonds. The molecule has 6 rings (SSSR count). The normalized spacial score (nSPS) is 14.4. The molecule has 1 saturated heterocycles. The first-order valence-corrected chi connectivity index (χ1v) is 13.3. The number of ether oxygens (including phenoxy) is 3. The van der Waals surface area contributed by atoms with Crippen molar-refractivity contribution in [1.29, 1.82) is 0 Å². The number of nitrogens with zero attached hydrogens (tertiary/aromatic N) is 3. The highest BCUT2D eigenvalue weighted by Gasteiger charge is 2.19. The van der Waals surface area contributed by atoms with Crippen molar-refractivity contribution in [3.8, 4) is 23.0 Å². The van der Waals surface area contributed by atoms with Gasteiger partial charge in [-0.05, 0) is 92.1 Å². The number of rotatable bonds is 8. The summed E-state index contributed by atoms with van der Waals surface area (Å²) in [7, 11) is 3.83. The Balaban J connectivity index is 1.16. The number of likely N-dealkylation sites (tertiary alicyclic amines) is 1. The Hall–Kier alpha value is -4.36. The van der Waals surface area contributed by atoms with Crippen molar-refractivity contribution in [3.05, 3.63) is 85.2 Å². The Morgan fingerprint density at radius 1 is 0.846 bits per heavy atom. The summed E-state index contributed by atoms with van der Waals surface area (Å²) in [6, 6.07) is 26.1. The maximum absolute atomic E-state index is 6.22. The first-order valence-electron chi connectivity index (χ1n) is 13.3. The number of methoxy groups -OCH3 is 1. The van der Waals surface area contributed by atoms with Crippen LogP contribution in [0.4, 0.5) is 11.5 Å². The van der Waals surface area contributed by atoms with Crippen LogP contribution in [0, 0.1) is 5.92 Å². The van der Waals surface area contributed by atoms with Crippen molar-refractivity contribution in [3.63, 3.8) is 0 Å². The van der Waals surface area contributed by atoms with Crippen molar-refractivity contribution >= 4 is 33.2 Å². The summed E-state index contributed by atoms with van der Waals surface area (Å²) in [6.45, 7) is 2.91. The van der Waals surface area contributed by atoms with Gasteiger partial charge in [0, 0.05) is 17.1 Å². The van der Waals surface area contributed by atoms with Gasteiger partial charge in [-0.15, -0.1) is 0 Å². The van der Waals surface area contributed by atoms with E-state index in [1.54, 1.807) is 13.4 Å². The third-order valence-corrected chi connectivity index (χ3v) is 7.31. The quantitative estimate of drug-likeness (QED) is 0.235. The number of anilines is 2. The predicted molar refractivity (Wildman–Crippen MR) is 156 cm³/mol. The molecule has 7 heteroatoms. The van der Waals surface area contributed by atoms with E-state index in [0.717, 1.165) is 59.4 Å². The molecule has 5 aromatic rings. The van der Waals surface area contributed by atoms with E-state index in [1.807, 2.05) is 60.7 Å². The molecule has 4 aromatic carbocycles. The van der Waals surface area contributed by atoms with Crippen LogP contribution in [-0.2, 0) is 0 Å². The van der Waals surface area contributed by atoms with Gasteiger partial charge in [-0.1, -0.05) is 30.3 Å². The molecule has 0 radical (unpaired) electrons. The molecule has 1 aliphatic heterocycles. The summed E-state index contributed by atoms with van der Waals surface area (Å²) in [6.07, 6.45) is 3.86. The number of fused-ring (bicyclic) bond motifs is 2. The molecular formula is C32H32N4O3. The minimum Gasteiger partial charge on any atom is -0.493 e. The zero-order chi connectivity index (χ0) is 26.6. The second-order valence-electron chi connectivity index (χ2n) is 10.1. The zero-order valence-corrected chi connectivity index (χ0v) is 22.3. The summed E-state index contributed by atoms with van der Waals surface area (Å²) >= 11 is 0. The summed E-state index contributed by atoms with van der Waals surface area (Å²) < 4.78 is 18.0. The van der Waals surface area contributed by atoms with Gasteiger partial charge < -0.3 is 24.4 Å². The SMILES string of the molecule is COc1cc2c(Nc3ccc(Oc4ccc5ccccc5c4)cc3)ncnc2cc1OCC1CCN(C)CC1. The third kappa shape index (κ3) is 5.73. The van der Waals surface area contributed by atoms with Crippen molar-refractivity contribution < 1.29 is 14.2 Å². The molecule has 39 heavy (non-hydrogen) atoms. The van der Waals surface area contributed by atoms with Crippen LogP contribution in [0.5, 0.6) is 23.0 Å². The standard InChI is InChI=1S/C32H32N4O3/c1-36-15-13-22(14-16-36)20-38-31-19-29-28(18-30(31)37-2)32(34-21-33-29)35-25-8-11-26(12-9-25)39-27-10-7-23-5-3-4-6-24(23)17-27/h3-12,17-19,21-22H,13-16,20H2,1-2H3,(H,33,34,35). The lowest BCUT2D eigenvalue weighted by molar-refractivity contribution is 0.157. The summed E-state index contributed by atoms with van der Waals surface area (Å²) in [4.78, 5) is 11.4. The number of aromatic nitrogens is 2. The Morgan fingerprint density at radius 2 is 1.62 bits per heavy atom. The van der Waals surface area contributed by atoms with Crippen LogP contribution in [-0.4, -0.2) is 48.7 Å². The highest BCUT2D eigenvalue weighted by Crippen LogP contribution is 2.36. The topological polar surface area (TPSA) is 68.7 Å². The first kappa shape index (κ1) is 24.9. The average Bonchev–Trinajstić information content (AvgIpc) is 2.97. The monoisotopic (exact) mass is 520 g/mol. The van der Waals surface area contributed by atoms with Gasteiger partial charge >= 0.3 is 0 Å². The molecule has 1 fully saturated rings. The Morgan fingerprint density at radius 3 is 2.41 bits per heavy atom. The van der Waals surface area contributed by atoms with Gasteiger partial charge in [-0.25, -0.2) is 9.97 Å². The second kappa shape index (κ2) is 11.2. The molecular weight excluding hydrogens is 488 g/mol. The lowest BCUT2D eigenvalue weighted by Gasteiger charge is -2.28. The highest BCUT2D eigenvalue weighted by atomic mass is 16.5. The molecule has 2 heterocycles. The molecule has 0 atom stereocenters. The van der Waals surface area contributed by atoms with Gasteiger partial charge in [0.05, 0.1) is 19.2 Å². The molecule has 1 aliphatic rings. The van der Waals surface area contributed by atoms with E-state index < -0.39 is 0 Å². The van der Waals surface area contributed by atoms with Gasteiger partial charge in [0.15, 0.2) is 11.5 Å². The lowest BCUT2D eigenvalue weighted by atomic mass is 9.98. The van der Waals surface area contributed by atoms with Gasteiger partial charge in [0.1, 0.15) is 23.6 Å². The van der Waals surface area contributed by atoms with Crippen molar-refractivity contribution in [2.24, 2.45) is 5.92 Å². The van der Waals surface area contributed by atoms with E-state index in [9.17, 15) is 0 Å². The summed E-state index contributed by atoms with van der Waals surface area (Å²) in [5.74, 6) is 4.20. The van der Waals surface area contributed by atoms with Crippen molar-refractivity contribution in [1.82, 2.24) is 14.9 Å². The molecule has 0 aliphatic carbocycles. The van der Waals surface area contributed by atoms with Crippen LogP contribution in [0.1, 0.15) is 12.8 Å². The minimum absolute atomic E-state index is 0.553. The van der Waals surface area contributed by atoms with E-state index in [-0.39, 0.29) is 0 Å². The van der Waals surface area contributed by atoms with Crippen molar-refractivity contribution in [2.45, 2.75) is 12.8 Å². The molecule has 1 N–H and O–H groups in total. The van der Waals surface area contributed by atoms with E-state index in [4.69, 9.17) is 14.2 Å². The highest BCUT2D eigenvalue weighted by molar-refractivity contribution is 5.93. The van der Waals surface area contributed by atoms with Crippen LogP contribution in [0.3, 0.4) is 0 Å². The second-order valence-corrected chi connectivity index (χ2v) is 10.1. The van der Waals surface area contributed by atoms with Crippen molar-refractivity contribution in [2.75, 3.05) is 39.2 Å². The number of hydrogen-bond acceptors (Lipinski definition) is 7. The fourth-order valence-electron chi connectivity index (χ4n) is 4.98. The lowest BCUT2D eigenvalue weighted by Crippen LogP contribution is -2.32. The van der Waals surface area contributed by atoms with Gasteiger partial charge in [-0.2, -0.15) is 0 Å². The Kier molecular flexibility index (Phi) is 7.15. The zero-order valence-electron chi connectivity index (χ0n) is 22.3. The smallest absolute Gasteiger partial charge is 0.163 e. The maximum atomic E-state index is 6.22. The van der Waals surface area contributed by atoms with Gasteiger partial charge in [0.2, 0.25) is 0 Å². The van der Waals surface area contributed by atoms with E-state index in [0.29, 0.717) is 29.8 Å². The molecule has 1 aromatic heterocycles. The maximum Gasteiger partial charge on any atom is 0.163 e. The van der Waals surface area contributed by atoms with E-state index in [1.165, 1.54) is 5.39 Å². The minimum atomic E-state index is 0.553. The first-order chi connectivity index (χ1) is 19.1. The van der Waals surface area contributed by atoms with E-state index in [2.05, 4.69) is 45.4 Å². The van der Waals surface area contributed by atoms with Crippen LogP contribution in [0.2, 0.25) is 0 Å². The van der Waals surface area contributed by atoms with Crippen LogP contribution in [0.25, 0.3) is 21.7 Å². The average molecular weight is 521 g/mol. The number of piperidine rings is 1. The van der Waals surface area contributed by atoms with Gasteiger partial charge in [0.25, 0.3) is 0 Å². The molecule has 0 spiro atoms. The number of benzene rings is 4. The summed E-state index contributed by atoms with van der Waals surface area (Å²) in [5.41, 5.74) is 1.69. The van der Waals surface area contributed by atoms with Gasteiger partial charge in [-0.3, -0.25) is 0 Å². The van der Waals surface area contributed by atoms with Crippen LogP contribution < -0.4 is 19.5 Å². The molecule has 198 valence electrons. The molecule has 0 saturated carbocycles. The number of hydrogen-bond donors (Lipinski definition) is 1. The largest absolute Gasteiger partial charge is 0.493 e. The van der Waals surface area contributed by atoms with Crippen LogP contribution in [0.15, 0.2) is 85.2 Å². The molecule has 7 nitrogen and oxygen atoms in total. The molecule has 0 unspecified atom stereocenters. The summed E-state index contributed by atoms with van der Waals surface area (Å²) in [5, 5.41) is 6.61. The Bertz CT molecular complexity index is 1580. The fourth-order valence-corrected chi connectivity index (χ4v) is 4.98. The number of nitrogens with one attached hydrogen (secondary N) is 1.